The van der Waals surface area contributed by atoms with Crippen LogP contribution in [0, 0.1) is 17.7 Å². The number of carboxylic acids is 2. The maximum Gasteiger partial charge on any atom is 0.414 e. The minimum atomic E-state index is -1.82. The van der Waals surface area contributed by atoms with Gasteiger partial charge in [0.05, 0.1) is 19.1 Å². The fraction of sp³-hybridized carbons (Fsp3) is 0.543. The first-order chi connectivity index (χ1) is 22.3. The fourth-order valence-corrected chi connectivity index (χ4v) is 5.64. The summed E-state index contributed by atoms with van der Waals surface area (Å²) in [5.74, 6) is -2.21. The normalized spacial score (nSPS) is 16.9. The van der Waals surface area contributed by atoms with Crippen molar-refractivity contribution >= 4 is 23.9 Å². The van der Waals surface area contributed by atoms with Crippen molar-refractivity contribution in [1.29, 1.82) is 0 Å². The molecule has 0 unspecified atom stereocenters. The van der Waals surface area contributed by atoms with E-state index in [1.54, 1.807) is 12.1 Å². The van der Waals surface area contributed by atoms with Gasteiger partial charge < -0.3 is 34.4 Å². The van der Waals surface area contributed by atoms with Gasteiger partial charge in [-0.15, -0.1) is 0 Å². The van der Waals surface area contributed by atoms with Crippen LogP contribution in [0.3, 0.4) is 0 Å². The molecular formula is C35H48FN3O8. The SMILES string of the molecule is CC(C)COc1ccc(CC(=O)N(Cc2ccc(F)cc2)C2CCN(CCCN3C(=O)OC[C@H]3C(C)C)CC2)cc1.O=C(O)C(=O)O. The van der Waals surface area contributed by atoms with Crippen LogP contribution in [-0.4, -0.2) is 100 Å². The molecular weight excluding hydrogens is 609 g/mol. The number of rotatable bonds is 13. The highest BCUT2D eigenvalue weighted by Crippen LogP contribution is 2.23. The summed E-state index contributed by atoms with van der Waals surface area (Å²) in [4.78, 5) is 50.3. The molecule has 2 heterocycles. The number of piperidine rings is 1. The molecule has 11 nitrogen and oxygen atoms in total. The van der Waals surface area contributed by atoms with Crippen LogP contribution in [-0.2, 0) is 32.1 Å². The quantitative estimate of drug-likeness (QED) is 0.288. The van der Waals surface area contributed by atoms with E-state index in [2.05, 4.69) is 32.6 Å². The topological polar surface area (TPSA) is 137 Å². The van der Waals surface area contributed by atoms with Gasteiger partial charge in [-0.05, 0) is 73.0 Å². The van der Waals surface area contributed by atoms with Crippen molar-refractivity contribution in [3.63, 3.8) is 0 Å². The number of benzene rings is 2. The maximum absolute atomic E-state index is 13.7. The molecule has 2 amide bonds. The Labute approximate surface area is 276 Å². The number of hydrogen-bond donors (Lipinski definition) is 2. The second kappa shape index (κ2) is 18.2. The number of carbonyl (C=O) groups excluding carboxylic acids is 2. The van der Waals surface area contributed by atoms with Crippen molar-refractivity contribution in [2.45, 2.75) is 72.0 Å². The number of ether oxygens (including phenoxy) is 2. The standard InChI is InChI=1S/C33H46FN3O4.C2H2O4/c1-24(2)22-40-30-12-8-26(9-13-30)20-32(38)37(21-27-6-10-28(34)11-7-27)29-14-18-35(19-15-29)16-5-17-36-31(25(3)4)23-41-33(36)39;3-1(4)2(5)6/h6-13,24-25,29,31H,5,14-23H2,1-4H3;(H,3,4)(H,5,6)/t31-;/m0./s1. The molecule has 258 valence electrons. The van der Waals surface area contributed by atoms with Gasteiger partial charge in [0.15, 0.2) is 0 Å². The van der Waals surface area contributed by atoms with Crippen molar-refractivity contribution in [3.8, 4) is 5.75 Å². The van der Waals surface area contributed by atoms with Crippen LogP contribution in [0.5, 0.6) is 5.75 Å². The molecule has 2 aromatic rings. The van der Waals surface area contributed by atoms with Gasteiger partial charge in [0.25, 0.3) is 0 Å². The number of aliphatic carboxylic acids is 2. The number of hydrogen-bond acceptors (Lipinski definition) is 7. The van der Waals surface area contributed by atoms with Crippen LogP contribution in [0.25, 0.3) is 0 Å². The number of carbonyl (C=O) groups is 4. The molecule has 2 aliphatic heterocycles. The summed E-state index contributed by atoms with van der Waals surface area (Å²) < 4.78 is 24.6. The molecule has 0 aliphatic carbocycles. The van der Waals surface area contributed by atoms with Gasteiger partial charge in [-0.25, -0.2) is 18.8 Å². The fourth-order valence-electron chi connectivity index (χ4n) is 5.64. The second-order valence-electron chi connectivity index (χ2n) is 12.8. The third-order valence-corrected chi connectivity index (χ3v) is 8.28. The van der Waals surface area contributed by atoms with Crippen LogP contribution in [0.1, 0.15) is 58.1 Å². The summed E-state index contributed by atoms with van der Waals surface area (Å²) in [5.41, 5.74) is 1.88. The zero-order valence-corrected chi connectivity index (χ0v) is 27.8. The first-order valence-corrected chi connectivity index (χ1v) is 16.2. The van der Waals surface area contributed by atoms with E-state index in [0.717, 1.165) is 55.8 Å². The largest absolute Gasteiger partial charge is 0.493 e. The van der Waals surface area contributed by atoms with E-state index >= 15 is 0 Å². The van der Waals surface area contributed by atoms with Crippen LogP contribution in [0.15, 0.2) is 48.5 Å². The number of cyclic esters (lactones) is 1. The first-order valence-electron chi connectivity index (χ1n) is 16.2. The van der Waals surface area contributed by atoms with Crippen molar-refractivity contribution in [2.75, 3.05) is 39.4 Å². The van der Waals surface area contributed by atoms with E-state index in [-0.39, 0.29) is 29.9 Å². The lowest BCUT2D eigenvalue weighted by Gasteiger charge is -2.39. The predicted octanol–water partition coefficient (Wildman–Crippen LogP) is 4.92. The smallest absolute Gasteiger partial charge is 0.414 e. The van der Waals surface area contributed by atoms with Crippen molar-refractivity contribution < 1.29 is 43.3 Å². The number of likely N-dealkylation sites (tertiary alicyclic amines) is 1. The van der Waals surface area contributed by atoms with E-state index in [0.29, 0.717) is 44.6 Å². The molecule has 1 atom stereocenters. The summed E-state index contributed by atoms with van der Waals surface area (Å²) >= 11 is 0. The third kappa shape index (κ3) is 12.2. The monoisotopic (exact) mass is 657 g/mol. The van der Waals surface area contributed by atoms with Crippen LogP contribution in [0.4, 0.5) is 9.18 Å². The Kier molecular flexibility index (Phi) is 14.5. The number of amides is 2. The highest BCUT2D eigenvalue weighted by atomic mass is 19.1. The maximum atomic E-state index is 13.7. The lowest BCUT2D eigenvalue weighted by molar-refractivity contribution is -0.159. The van der Waals surface area contributed by atoms with Gasteiger partial charge in [0.1, 0.15) is 18.2 Å². The summed E-state index contributed by atoms with van der Waals surface area (Å²) in [7, 11) is 0. The zero-order chi connectivity index (χ0) is 34.5. The highest BCUT2D eigenvalue weighted by molar-refractivity contribution is 6.27. The van der Waals surface area contributed by atoms with Crippen molar-refractivity contribution in [2.24, 2.45) is 11.8 Å². The summed E-state index contributed by atoms with van der Waals surface area (Å²) in [6.07, 6.45) is 2.78. The lowest BCUT2D eigenvalue weighted by atomic mass is 10.00. The van der Waals surface area contributed by atoms with E-state index in [9.17, 15) is 14.0 Å². The van der Waals surface area contributed by atoms with E-state index in [1.807, 2.05) is 34.1 Å². The van der Waals surface area contributed by atoms with Gasteiger partial charge in [-0.3, -0.25) is 4.79 Å². The third-order valence-electron chi connectivity index (χ3n) is 8.28. The molecule has 0 aromatic heterocycles. The summed E-state index contributed by atoms with van der Waals surface area (Å²) in [6.45, 7) is 13.5. The Morgan fingerprint density at radius 2 is 1.53 bits per heavy atom. The molecule has 2 fully saturated rings. The van der Waals surface area contributed by atoms with Crippen LogP contribution in [0.2, 0.25) is 0 Å². The van der Waals surface area contributed by atoms with Gasteiger partial charge >= 0.3 is 18.0 Å². The molecule has 0 saturated carbocycles. The molecule has 2 aromatic carbocycles. The zero-order valence-electron chi connectivity index (χ0n) is 27.8. The second-order valence-corrected chi connectivity index (χ2v) is 12.8. The minimum Gasteiger partial charge on any atom is -0.493 e. The molecule has 47 heavy (non-hydrogen) atoms. The average molecular weight is 658 g/mol. The Morgan fingerprint density at radius 3 is 2.09 bits per heavy atom. The average Bonchev–Trinajstić information content (AvgIpc) is 3.41. The molecule has 0 radical (unpaired) electrons. The van der Waals surface area contributed by atoms with Crippen LogP contribution < -0.4 is 4.74 Å². The molecule has 12 heteroatoms. The van der Waals surface area contributed by atoms with Crippen molar-refractivity contribution in [3.05, 3.63) is 65.5 Å². The molecule has 0 spiro atoms. The summed E-state index contributed by atoms with van der Waals surface area (Å²) in [6, 6.07) is 14.5. The highest BCUT2D eigenvalue weighted by Gasteiger charge is 2.34. The lowest BCUT2D eigenvalue weighted by Crippen LogP contribution is -2.48. The van der Waals surface area contributed by atoms with E-state index in [4.69, 9.17) is 29.3 Å². The van der Waals surface area contributed by atoms with Crippen molar-refractivity contribution in [1.82, 2.24) is 14.7 Å². The Bertz CT molecular complexity index is 1300. The van der Waals surface area contributed by atoms with Gasteiger partial charge in [-0.1, -0.05) is 52.0 Å². The minimum absolute atomic E-state index is 0.0795. The van der Waals surface area contributed by atoms with E-state index < -0.39 is 11.9 Å². The summed E-state index contributed by atoms with van der Waals surface area (Å²) in [5, 5.41) is 14.8. The number of carboxylic acid groups (broad SMARTS) is 2. The number of halogens is 1. The van der Waals surface area contributed by atoms with E-state index in [1.165, 1.54) is 12.1 Å². The molecule has 2 aliphatic rings. The predicted molar refractivity (Wildman–Crippen MR) is 173 cm³/mol. The molecule has 2 N–H and O–H groups in total. The molecule has 4 rings (SSSR count). The van der Waals surface area contributed by atoms with Gasteiger partial charge in [-0.2, -0.15) is 0 Å². The van der Waals surface area contributed by atoms with Crippen LogP contribution >= 0.6 is 0 Å². The van der Waals surface area contributed by atoms with Gasteiger partial charge in [0, 0.05) is 32.2 Å². The Hall–Kier alpha value is -4.19. The Balaban J connectivity index is 0.000000913. The van der Waals surface area contributed by atoms with Gasteiger partial charge in [0.2, 0.25) is 5.91 Å². The first kappa shape index (κ1) is 37.3. The molecule has 2 saturated heterocycles. The molecule has 0 bridgehead atoms. The Morgan fingerprint density at radius 1 is 0.936 bits per heavy atom. The number of nitrogens with zero attached hydrogens (tertiary/aromatic N) is 3.